The molecule has 0 aliphatic carbocycles. The minimum atomic E-state index is -3.72. The van der Waals surface area contributed by atoms with Gasteiger partial charge in [0.25, 0.3) is 10.0 Å². The third-order valence-corrected chi connectivity index (χ3v) is 6.86. The lowest BCUT2D eigenvalue weighted by Gasteiger charge is -2.17. The minimum absolute atomic E-state index is 0.209. The summed E-state index contributed by atoms with van der Waals surface area (Å²) in [4.78, 5) is 2.50. The summed E-state index contributed by atoms with van der Waals surface area (Å²) in [6, 6.07) is 8.98. The van der Waals surface area contributed by atoms with Gasteiger partial charge in [-0.3, -0.25) is 9.40 Å². The lowest BCUT2D eigenvalue weighted by atomic mass is 10.3. The van der Waals surface area contributed by atoms with E-state index in [1.807, 2.05) is 6.07 Å². The number of sulfonamides is 1. The standard InChI is InChI=1S/C20H25N7O2S/c1-14-20(15(2)26(3)24-14)30(28,29)25-17-8-6-16(7-9-17)22-19-12-18(13-21-23-19)27-10-4-5-11-27/h6-9,12-13,25H,4-5,10-11H2,1-3H3,(H,22,23). The van der Waals surface area contributed by atoms with Crippen molar-refractivity contribution >= 4 is 32.9 Å². The summed E-state index contributed by atoms with van der Waals surface area (Å²) in [5.74, 6) is 0.648. The molecule has 1 aliphatic rings. The molecule has 0 unspecified atom stereocenters. The molecule has 1 aromatic carbocycles. The van der Waals surface area contributed by atoms with E-state index in [1.54, 1.807) is 56.0 Å². The fraction of sp³-hybridized carbons (Fsp3) is 0.350. The van der Waals surface area contributed by atoms with Crippen LogP contribution in [-0.4, -0.2) is 41.5 Å². The fourth-order valence-electron chi connectivity index (χ4n) is 3.68. The van der Waals surface area contributed by atoms with Crippen molar-refractivity contribution in [1.82, 2.24) is 20.0 Å². The molecule has 0 bridgehead atoms. The summed E-state index contributed by atoms with van der Waals surface area (Å²) >= 11 is 0. The first-order valence-electron chi connectivity index (χ1n) is 9.81. The Kier molecular flexibility index (Phi) is 5.33. The van der Waals surface area contributed by atoms with Crippen molar-refractivity contribution in [3.8, 4) is 0 Å². The molecule has 4 rings (SSSR count). The van der Waals surface area contributed by atoms with Crippen LogP contribution in [-0.2, 0) is 17.1 Å². The number of nitrogens with zero attached hydrogens (tertiary/aromatic N) is 5. The maximum atomic E-state index is 12.8. The number of aryl methyl sites for hydroxylation is 2. The number of hydrogen-bond donors (Lipinski definition) is 2. The molecule has 1 saturated heterocycles. The van der Waals surface area contributed by atoms with Gasteiger partial charge in [-0.15, -0.1) is 5.10 Å². The molecule has 10 heteroatoms. The van der Waals surface area contributed by atoms with E-state index in [1.165, 1.54) is 12.8 Å². The van der Waals surface area contributed by atoms with Gasteiger partial charge in [-0.2, -0.15) is 10.2 Å². The first-order chi connectivity index (χ1) is 14.3. The highest BCUT2D eigenvalue weighted by Crippen LogP contribution is 2.25. The smallest absolute Gasteiger partial charge is 0.265 e. The summed E-state index contributed by atoms with van der Waals surface area (Å²) in [5.41, 5.74) is 3.38. The molecule has 0 atom stereocenters. The van der Waals surface area contributed by atoms with Gasteiger partial charge in [0.05, 0.1) is 23.3 Å². The average Bonchev–Trinajstić information content (AvgIpc) is 3.32. The molecule has 1 aliphatic heterocycles. The number of aromatic nitrogens is 4. The number of rotatable bonds is 6. The lowest BCUT2D eigenvalue weighted by Crippen LogP contribution is -2.18. The van der Waals surface area contributed by atoms with Gasteiger partial charge in [0.1, 0.15) is 4.90 Å². The van der Waals surface area contributed by atoms with Crippen LogP contribution in [0.2, 0.25) is 0 Å². The Morgan fingerprint density at radius 1 is 1.03 bits per heavy atom. The van der Waals surface area contributed by atoms with E-state index in [-0.39, 0.29) is 4.90 Å². The molecular formula is C20H25N7O2S. The molecular weight excluding hydrogens is 402 g/mol. The highest BCUT2D eigenvalue weighted by Gasteiger charge is 2.23. The Morgan fingerprint density at radius 3 is 2.33 bits per heavy atom. The van der Waals surface area contributed by atoms with Crippen LogP contribution in [0.1, 0.15) is 24.2 Å². The van der Waals surface area contributed by atoms with Gasteiger partial charge < -0.3 is 10.2 Å². The van der Waals surface area contributed by atoms with Crippen LogP contribution in [0.25, 0.3) is 0 Å². The fourth-order valence-corrected chi connectivity index (χ4v) is 5.18. The van der Waals surface area contributed by atoms with E-state index in [0.29, 0.717) is 22.9 Å². The molecule has 0 amide bonds. The van der Waals surface area contributed by atoms with E-state index < -0.39 is 10.0 Å². The maximum Gasteiger partial charge on any atom is 0.265 e. The van der Waals surface area contributed by atoms with Crippen LogP contribution in [0.4, 0.5) is 22.9 Å². The molecule has 2 N–H and O–H groups in total. The highest BCUT2D eigenvalue weighted by molar-refractivity contribution is 7.92. The van der Waals surface area contributed by atoms with Crippen molar-refractivity contribution in [2.24, 2.45) is 7.05 Å². The number of benzene rings is 1. The zero-order valence-electron chi connectivity index (χ0n) is 17.3. The first kappa shape index (κ1) is 20.1. The Bertz CT molecular complexity index is 1150. The topological polar surface area (TPSA) is 105 Å². The molecule has 0 saturated carbocycles. The highest BCUT2D eigenvalue weighted by atomic mass is 32.2. The Labute approximate surface area is 176 Å². The van der Waals surface area contributed by atoms with Gasteiger partial charge in [-0.25, -0.2) is 8.42 Å². The molecule has 3 aromatic rings. The van der Waals surface area contributed by atoms with Gasteiger partial charge in [0, 0.05) is 37.6 Å². The number of anilines is 4. The van der Waals surface area contributed by atoms with Crippen LogP contribution >= 0.6 is 0 Å². The largest absolute Gasteiger partial charge is 0.370 e. The molecule has 2 aromatic heterocycles. The zero-order chi connectivity index (χ0) is 21.3. The van der Waals surface area contributed by atoms with E-state index in [4.69, 9.17) is 0 Å². The molecule has 0 spiro atoms. The van der Waals surface area contributed by atoms with Gasteiger partial charge >= 0.3 is 0 Å². The lowest BCUT2D eigenvalue weighted by molar-refractivity contribution is 0.599. The number of nitrogens with one attached hydrogen (secondary N) is 2. The maximum absolute atomic E-state index is 12.8. The van der Waals surface area contributed by atoms with Crippen LogP contribution < -0.4 is 14.9 Å². The van der Waals surface area contributed by atoms with E-state index in [0.717, 1.165) is 24.5 Å². The van der Waals surface area contributed by atoms with Crippen molar-refractivity contribution in [2.45, 2.75) is 31.6 Å². The second-order valence-electron chi connectivity index (χ2n) is 7.42. The van der Waals surface area contributed by atoms with Crippen molar-refractivity contribution in [3.05, 3.63) is 47.9 Å². The van der Waals surface area contributed by atoms with Crippen LogP contribution in [0.5, 0.6) is 0 Å². The van der Waals surface area contributed by atoms with E-state index in [9.17, 15) is 8.42 Å². The summed E-state index contributed by atoms with van der Waals surface area (Å²) < 4.78 is 29.8. The van der Waals surface area contributed by atoms with Gasteiger partial charge in [0.15, 0.2) is 5.82 Å². The summed E-state index contributed by atoms with van der Waals surface area (Å²) in [7, 11) is -2.00. The van der Waals surface area contributed by atoms with Gasteiger partial charge in [-0.1, -0.05) is 0 Å². The normalized spacial score (nSPS) is 14.2. The Morgan fingerprint density at radius 2 is 1.70 bits per heavy atom. The monoisotopic (exact) mass is 427 g/mol. The average molecular weight is 428 g/mol. The molecule has 158 valence electrons. The zero-order valence-corrected chi connectivity index (χ0v) is 18.1. The Balaban J connectivity index is 1.47. The Hall–Kier alpha value is -3.14. The van der Waals surface area contributed by atoms with Crippen molar-refractivity contribution in [2.75, 3.05) is 28.0 Å². The van der Waals surface area contributed by atoms with Crippen molar-refractivity contribution in [1.29, 1.82) is 0 Å². The molecule has 1 fully saturated rings. The van der Waals surface area contributed by atoms with E-state index >= 15 is 0 Å². The second kappa shape index (κ2) is 7.94. The summed E-state index contributed by atoms with van der Waals surface area (Å²) in [5, 5.41) is 15.6. The SMILES string of the molecule is Cc1nn(C)c(C)c1S(=O)(=O)Nc1ccc(Nc2cc(N3CCCC3)cnn2)cc1. The van der Waals surface area contributed by atoms with E-state index in [2.05, 4.69) is 30.2 Å². The third-order valence-electron chi connectivity index (χ3n) is 5.23. The predicted molar refractivity (Wildman–Crippen MR) is 117 cm³/mol. The molecule has 0 radical (unpaired) electrons. The third kappa shape index (κ3) is 4.09. The van der Waals surface area contributed by atoms with Crippen molar-refractivity contribution in [3.63, 3.8) is 0 Å². The quantitative estimate of drug-likeness (QED) is 0.623. The number of hydrogen-bond acceptors (Lipinski definition) is 7. The first-order valence-corrected chi connectivity index (χ1v) is 11.3. The van der Waals surface area contributed by atoms with Crippen LogP contribution in [0.3, 0.4) is 0 Å². The molecule has 9 nitrogen and oxygen atoms in total. The molecule has 30 heavy (non-hydrogen) atoms. The minimum Gasteiger partial charge on any atom is -0.370 e. The van der Waals surface area contributed by atoms with Crippen LogP contribution in [0, 0.1) is 13.8 Å². The second-order valence-corrected chi connectivity index (χ2v) is 9.04. The predicted octanol–water partition coefficient (Wildman–Crippen LogP) is 2.97. The van der Waals surface area contributed by atoms with Crippen molar-refractivity contribution < 1.29 is 8.42 Å². The van der Waals surface area contributed by atoms with Crippen LogP contribution in [0.15, 0.2) is 41.4 Å². The summed E-state index contributed by atoms with van der Waals surface area (Å²) in [6.07, 6.45) is 4.16. The summed E-state index contributed by atoms with van der Waals surface area (Å²) in [6.45, 7) is 5.50. The molecule has 3 heterocycles. The van der Waals surface area contributed by atoms with Gasteiger partial charge in [0.2, 0.25) is 0 Å². The van der Waals surface area contributed by atoms with Gasteiger partial charge in [-0.05, 0) is 51.0 Å².